The van der Waals surface area contributed by atoms with Gasteiger partial charge in [-0.1, -0.05) is 13.0 Å². The second-order valence-electron chi connectivity index (χ2n) is 11.1. The lowest BCUT2D eigenvalue weighted by Crippen LogP contribution is -2.49. The standard InChI is InChI=1S/C29H36FN5O4/c1-14-5-10-21(39-12-18-6-7-18)23(24(14)30)26-27-25(31-13-32-26)22(16(3)33-27)29(38)35-20-9-8-19(11-15(20)2)34-28(37)17(4)36/h5,10,13,15,17-20,33,36H,6-9,11-12H2,1-4H3,(H,34,37)(H,35,38)/t15?,17-,19?,20?/m0/s1. The number of nitrogens with zero attached hydrogens (tertiary/aromatic N) is 2. The summed E-state index contributed by atoms with van der Waals surface area (Å²) in [6.07, 6.45) is 4.62. The molecule has 2 amide bonds. The van der Waals surface area contributed by atoms with Gasteiger partial charge in [-0.2, -0.15) is 0 Å². The Balaban J connectivity index is 1.40. The molecule has 3 unspecified atom stereocenters. The zero-order chi connectivity index (χ0) is 27.8. The molecule has 4 atom stereocenters. The van der Waals surface area contributed by atoms with Crippen LogP contribution in [0.5, 0.6) is 5.75 Å². The summed E-state index contributed by atoms with van der Waals surface area (Å²) in [4.78, 5) is 37.5. The van der Waals surface area contributed by atoms with Crippen LogP contribution >= 0.6 is 0 Å². The number of hydrogen-bond acceptors (Lipinski definition) is 6. The first-order chi connectivity index (χ1) is 18.6. The molecule has 39 heavy (non-hydrogen) atoms. The third-order valence-corrected chi connectivity index (χ3v) is 7.92. The molecular formula is C29H36FN5O4. The molecular weight excluding hydrogens is 501 g/mol. The van der Waals surface area contributed by atoms with Gasteiger partial charge >= 0.3 is 0 Å². The summed E-state index contributed by atoms with van der Waals surface area (Å²) in [5, 5.41) is 15.5. The average molecular weight is 538 g/mol. The lowest BCUT2D eigenvalue weighted by molar-refractivity contribution is -0.129. The summed E-state index contributed by atoms with van der Waals surface area (Å²) in [7, 11) is 0. The Morgan fingerprint density at radius 1 is 1.18 bits per heavy atom. The van der Waals surface area contributed by atoms with Gasteiger partial charge in [0.25, 0.3) is 5.91 Å². The second kappa shape index (κ2) is 10.9. The number of rotatable bonds is 8. The number of halogens is 1. The Morgan fingerprint density at radius 2 is 1.95 bits per heavy atom. The fourth-order valence-corrected chi connectivity index (χ4v) is 5.39. The predicted molar refractivity (Wildman–Crippen MR) is 145 cm³/mol. The topological polar surface area (TPSA) is 129 Å². The highest BCUT2D eigenvalue weighted by Crippen LogP contribution is 2.39. The van der Waals surface area contributed by atoms with Crippen LogP contribution in [0, 0.1) is 31.5 Å². The van der Waals surface area contributed by atoms with E-state index in [0.29, 0.717) is 71.1 Å². The van der Waals surface area contributed by atoms with Crippen molar-refractivity contribution in [1.82, 2.24) is 25.6 Å². The number of aliphatic hydroxyl groups is 1. The van der Waals surface area contributed by atoms with E-state index < -0.39 is 11.9 Å². The SMILES string of the molecule is Cc1ccc(OCC2CC2)c(-c2ncnc3c(C(=O)NC4CCC(NC(=O)[C@H](C)O)CC4C)c(C)[nH]c23)c1F. The number of hydrogen-bond donors (Lipinski definition) is 4. The quantitative estimate of drug-likeness (QED) is 0.344. The number of benzene rings is 1. The summed E-state index contributed by atoms with van der Waals surface area (Å²) in [5.74, 6) is -0.00777. The highest BCUT2D eigenvalue weighted by atomic mass is 19.1. The minimum atomic E-state index is -1.05. The van der Waals surface area contributed by atoms with E-state index in [1.165, 1.54) is 13.3 Å². The highest BCUT2D eigenvalue weighted by Gasteiger charge is 2.32. The number of aromatic nitrogens is 3. The number of nitrogens with one attached hydrogen (secondary N) is 3. The van der Waals surface area contributed by atoms with Crippen molar-refractivity contribution in [2.75, 3.05) is 6.61 Å². The number of aliphatic hydroxyl groups excluding tert-OH is 1. The van der Waals surface area contributed by atoms with E-state index in [4.69, 9.17) is 4.74 Å². The fourth-order valence-electron chi connectivity index (χ4n) is 5.39. The monoisotopic (exact) mass is 537 g/mol. The smallest absolute Gasteiger partial charge is 0.255 e. The van der Waals surface area contributed by atoms with Gasteiger partial charge < -0.3 is 25.5 Å². The Labute approximate surface area is 227 Å². The first kappa shape index (κ1) is 27.1. The first-order valence-corrected chi connectivity index (χ1v) is 13.7. The van der Waals surface area contributed by atoms with Crippen LogP contribution in [0.15, 0.2) is 18.5 Å². The Morgan fingerprint density at radius 3 is 2.64 bits per heavy atom. The third-order valence-electron chi connectivity index (χ3n) is 7.92. The lowest BCUT2D eigenvalue weighted by Gasteiger charge is -2.35. The summed E-state index contributed by atoms with van der Waals surface area (Å²) >= 11 is 0. The number of amides is 2. The van der Waals surface area contributed by atoms with Crippen molar-refractivity contribution >= 4 is 22.8 Å². The number of fused-ring (bicyclic) bond motifs is 1. The summed E-state index contributed by atoms with van der Waals surface area (Å²) in [6.45, 7) is 7.51. The van der Waals surface area contributed by atoms with Gasteiger partial charge in [0, 0.05) is 17.8 Å². The van der Waals surface area contributed by atoms with Crippen molar-refractivity contribution in [3.05, 3.63) is 41.1 Å². The van der Waals surface area contributed by atoms with Crippen LogP contribution < -0.4 is 15.4 Å². The van der Waals surface area contributed by atoms with E-state index in [1.54, 1.807) is 26.0 Å². The van der Waals surface area contributed by atoms with E-state index in [1.807, 2.05) is 6.92 Å². The molecule has 2 aliphatic rings. The molecule has 2 heterocycles. The largest absolute Gasteiger partial charge is 0.492 e. The van der Waals surface area contributed by atoms with Crippen molar-refractivity contribution in [3.8, 4) is 17.0 Å². The molecule has 4 N–H and O–H groups in total. The average Bonchev–Trinajstić information content (AvgIpc) is 3.66. The zero-order valence-corrected chi connectivity index (χ0v) is 22.8. The van der Waals surface area contributed by atoms with Crippen molar-refractivity contribution in [1.29, 1.82) is 0 Å². The fraction of sp³-hybridized carbons (Fsp3) is 0.517. The third kappa shape index (κ3) is 5.61. The maximum atomic E-state index is 15.5. The summed E-state index contributed by atoms with van der Waals surface area (Å²) in [5.41, 5.74) is 3.03. The molecule has 9 nitrogen and oxygen atoms in total. The molecule has 0 radical (unpaired) electrons. The summed E-state index contributed by atoms with van der Waals surface area (Å²) in [6, 6.07) is 3.35. The maximum absolute atomic E-state index is 15.5. The van der Waals surface area contributed by atoms with Gasteiger partial charge in [-0.25, -0.2) is 14.4 Å². The van der Waals surface area contributed by atoms with Crippen molar-refractivity contribution < 1.29 is 23.8 Å². The Kier molecular flexibility index (Phi) is 7.57. The van der Waals surface area contributed by atoms with Crippen LogP contribution in [0.3, 0.4) is 0 Å². The van der Waals surface area contributed by atoms with E-state index in [-0.39, 0.29) is 35.4 Å². The first-order valence-electron chi connectivity index (χ1n) is 13.7. The van der Waals surface area contributed by atoms with Crippen LogP contribution in [0.25, 0.3) is 22.3 Å². The van der Waals surface area contributed by atoms with Gasteiger partial charge in [0.05, 0.1) is 23.3 Å². The molecule has 2 aromatic heterocycles. The van der Waals surface area contributed by atoms with Crippen LogP contribution in [0.4, 0.5) is 4.39 Å². The molecule has 2 aliphatic carbocycles. The molecule has 10 heteroatoms. The molecule has 2 saturated carbocycles. The van der Waals surface area contributed by atoms with E-state index in [2.05, 4.69) is 25.6 Å². The van der Waals surface area contributed by atoms with Gasteiger partial charge in [0.15, 0.2) is 0 Å². The molecule has 208 valence electrons. The zero-order valence-electron chi connectivity index (χ0n) is 22.8. The molecule has 0 saturated heterocycles. The minimum absolute atomic E-state index is 0.0408. The molecule has 0 bridgehead atoms. The van der Waals surface area contributed by atoms with Gasteiger partial charge in [-0.05, 0) is 76.3 Å². The number of aromatic amines is 1. The van der Waals surface area contributed by atoms with Crippen molar-refractivity contribution in [2.24, 2.45) is 11.8 Å². The number of H-pyrrole nitrogens is 1. The van der Waals surface area contributed by atoms with Crippen molar-refractivity contribution in [2.45, 2.75) is 78.0 Å². The van der Waals surface area contributed by atoms with Crippen molar-refractivity contribution in [3.63, 3.8) is 0 Å². The van der Waals surface area contributed by atoms with Gasteiger partial charge in [0.2, 0.25) is 5.91 Å². The van der Waals surface area contributed by atoms with Crippen LogP contribution in [-0.4, -0.2) is 56.7 Å². The number of carbonyl (C=O) groups is 2. The number of carbonyl (C=O) groups excluding carboxylic acids is 2. The predicted octanol–water partition coefficient (Wildman–Crippen LogP) is 3.95. The van der Waals surface area contributed by atoms with E-state index in [0.717, 1.165) is 12.8 Å². The molecule has 0 spiro atoms. The number of ether oxygens (including phenoxy) is 1. The lowest BCUT2D eigenvalue weighted by atomic mass is 9.82. The normalized spacial score (nSPS) is 21.9. The Hall–Kier alpha value is -3.53. The second-order valence-corrected chi connectivity index (χ2v) is 11.1. The molecule has 0 aliphatic heterocycles. The Bertz CT molecular complexity index is 1400. The summed E-state index contributed by atoms with van der Waals surface area (Å²) < 4.78 is 21.5. The van der Waals surface area contributed by atoms with E-state index >= 15 is 4.39 Å². The molecule has 2 fully saturated rings. The van der Waals surface area contributed by atoms with Gasteiger partial charge in [0.1, 0.15) is 35.2 Å². The van der Waals surface area contributed by atoms with Crippen LogP contribution in [-0.2, 0) is 4.79 Å². The number of aryl methyl sites for hydroxylation is 2. The van der Waals surface area contributed by atoms with E-state index in [9.17, 15) is 14.7 Å². The van der Waals surface area contributed by atoms with Gasteiger partial charge in [-0.3, -0.25) is 9.59 Å². The minimum Gasteiger partial charge on any atom is -0.492 e. The highest BCUT2D eigenvalue weighted by molar-refractivity contribution is 6.09. The van der Waals surface area contributed by atoms with Crippen LogP contribution in [0.1, 0.15) is 67.6 Å². The maximum Gasteiger partial charge on any atom is 0.255 e. The van der Waals surface area contributed by atoms with Crippen LogP contribution in [0.2, 0.25) is 0 Å². The van der Waals surface area contributed by atoms with Gasteiger partial charge in [-0.15, -0.1) is 0 Å². The molecule has 3 aromatic rings. The molecule has 1 aromatic carbocycles. The molecule has 5 rings (SSSR count).